The number of halogens is 1. The number of carbonyl (C=O) groups is 1. The molecule has 1 amide bonds. The van der Waals surface area contributed by atoms with Crippen LogP contribution < -0.4 is 5.32 Å². The van der Waals surface area contributed by atoms with Gasteiger partial charge in [-0.25, -0.2) is 0 Å². The van der Waals surface area contributed by atoms with Gasteiger partial charge in [0.25, 0.3) is 0 Å². The first-order valence-corrected chi connectivity index (χ1v) is 10.3. The SMILES string of the molecule is CSCc1noc(CNC(=O)C[C@H](c2ccccc2)c2ccccc2Cl)n1. The van der Waals surface area contributed by atoms with Crippen molar-refractivity contribution in [3.8, 4) is 0 Å². The maximum absolute atomic E-state index is 12.6. The molecule has 0 fully saturated rings. The number of thioether (sulfide) groups is 1. The van der Waals surface area contributed by atoms with Crippen molar-refractivity contribution in [2.75, 3.05) is 6.26 Å². The molecule has 1 atom stereocenters. The van der Waals surface area contributed by atoms with Gasteiger partial charge in [0.05, 0.1) is 12.3 Å². The number of rotatable bonds is 8. The molecular weight excluding hydrogens is 382 g/mol. The number of carbonyl (C=O) groups excluding carboxylic acids is 1. The number of hydrogen-bond donors (Lipinski definition) is 1. The summed E-state index contributed by atoms with van der Waals surface area (Å²) in [5.41, 5.74) is 1.97. The van der Waals surface area contributed by atoms with Gasteiger partial charge in [-0.2, -0.15) is 16.7 Å². The Bertz CT molecular complexity index is 886. The maximum atomic E-state index is 12.6. The van der Waals surface area contributed by atoms with E-state index in [1.807, 2.05) is 60.9 Å². The van der Waals surface area contributed by atoms with Crippen LogP contribution in [0.15, 0.2) is 59.1 Å². The molecule has 0 aliphatic rings. The van der Waals surface area contributed by atoms with Gasteiger partial charge in [0, 0.05) is 17.4 Å². The third kappa shape index (κ3) is 5.34. The summed E-state index contributed by atoms with van der Waals surface area (Å²) in [5.74, 6) is 1.48. The van der Waals surface area contributed by atoms with E-state index in [-0.39, 0.29) is 24.8 Å². The van der Waals surface area contributed by atoms with Crippen molar-refractivity contribution in [2.45, 2.75) is 24.6 Å². The van der Waals surface area contributed by atoms with Gasteiger partial charge in [-0.1, -0.05) is 65.3 Å². The van der Waals surface area contributed by atoms with Gasteiger partial charge in [0.1, 0.15) is 0 Å². The highest BCUT2D eigenvalue weighted by molar-refractivity contribution is 7.97. The molecule has 3 aromatic rings. The van der Waals surface area contributed by atoms with Crippen LogP contribution in [-0.2, 0) is 17.1 Å². The summed E-state index contributed by atoms with van der Waals surface area (Å²) >= 11 is 8.00. The Morgan fingerprint density at radius 1 is 1.19 bits per heavy atom. The number of nitrogens with zero attached hydrogens (tertiary/aromatic N) is 2. The first-order valence-electron chi connectivity index (χ1n) is 8.54. The smallest absolute Gasteiger partial charge is 0.246 e. The summed E-state index contributed by atoms with van der Waals surface area (Å²) in [4.78, 5) is 16.8. The van der Waals surface area contributed by atoms with Crippen LogP contribution in [0.25, 0.3) is 0 Å². The fraction of sp³-hybridized carbons (Fsp3) is 0.250. The summed E-state index contributed by atoms with van der Waals surface area (Å²) in [5, 5.41) is 7.39. The average Bonchev–Trinajstić information content (AvgIpc) is 3.14. The second-order valence-corrected chi connectivity index (χ2v) is 7.28. The van der Waals surface area contributed by atoms with E-state index in [1.165, 1.54) is 0 Å². The van der Waals surface area contributed by atoms with Crippen LogP contribution in [0, 0.1) is 0 Å². The van der Waals surface area contributed by atoms with Crippen LogP contribution >= 0.6 is 23.4 Å². The predicted octanol–water partition coefficient (Wildman–Crippen LogP) is 4.42. The Hall–Kier alpha value is -2.31. The predicted molar refractivity (Wildman–Crippen MR) is 108 cm³/mol. The quantitative estimate of drug-likeness (QED) is 0.605. The highest BCUT2D eigenvalue weighted by Crippen LogP contribution is 2.32. The van der Waals surface area contributed by atoms with E-state index in [4.69, 9.17) is 16.1 Å². The van der Waals surface area contributed by atoms with E-state index < -0.39 is 0 Å². The van der Waals surface area contributed by atoms with Crippen LogP contribution in [-0.4, -0.2) is 22.3 Å². The Morgan fingerprint density at radius 2 is 1.93 bits per heavy atom. The Morgan fingerprint density at radius 3 is 2.67 bits per heavy atom. The molecule has 5 nitrogen and oxygen atoms in total. The molecule has 0 unspecified atom stereocenters. The molecule has 27 heavy (non-hydrogen) atoms. The lowest BCUT2D eigenvalue weighted by Crippen LogP contribution is -2.25. The third-order valence-electron chi connectivity index (χ3n) is 4.09. The lowest BCUT2D eigenvalue weighted by molar-refractivity contribution is -0.121. The van der Waals surface area contributed by atoms with Crippen molar-refractivity contribution in [3.05, 3.63) is 82.5 Å². The fourth-order valence-electron chi connectivity index (χ4n) is 2.83. The summed E-state index contributed by atoms with van der Waals surface area (Å²) in [6.45, 7) is 0.213. The van der Waals surface area contributed by atoms with Crippen molar-refractivity contribution >= 4 is 29.3 Å². The molecule has 0 aliphatic carbocycles. The van der Waals surface area contributed by atoms with Crippen molar-refractivity contribution in [1.82, 2.24) is 15.5 Å². The Balaban J connectivity index is 1.70. The maximum Gasteiger partial charge on any atom is 0.246 e. The van der Waals surface area contributed by atoms with Gasteiger partial charge in [-0.05, 0) is 23.4 Å². The molecule has 0 saturated heterocycles. The van der Waals surface area contributed by atoms with Crippen molar-refractivity contribution in [2.24, 2.45) is 0 Å². The first-order chi connectivity index (χ1) is 13.2. The molecule has 7 heteroatoms. The minimum atomic E-state index is -0.130. The van der Waals surface area contributed by atoms with E-state index in [2.05, 4.69) is 15.5 Å². The summed E-state index contributed by atoms with van der Waals surface area (Å²) < 4.78 is 5.15. The number of aromatic nitrogens is 2. The second kappa shape index (κ2) is 9.58. The largest absolute Gasteiger partial charge is 0.347 e. The average molecular weight is 402 g/mol. The zero-order chi connectivity index (χ0) is 19.1. The topological polar surface area (TPSA) is 68.0 Å². The molecule has 1 aromatic heterocycles. The highest BCUT2D eigenvalue weighted by Gasteiger charge is 2.20. The molecule has 3 rings (SSSR count). The van der Waals surface area contributed by atoms with Gasteiger partial charge >= 0.3 is 0 Å². The zero-order valence-corrected chi connectivity index (χ0v) is 16.5. The van der Waals surface area contributed by atoms with E-state index in [0.717, 1.165) is 11.1 Å². The molecule has 1 heterocycles. The molecule has 2 aromatic carbocycles. The molecule has 0 saturated carbocycles. The van der Waals surface area contributed by atoms with Crippen molar-refractivity contribution in [3.63, 3.8) is 0 Å². The molecule has 0 bridgehead atoms. The van der Waals surface area contributed by atoms with E-state index >= 15 is 0 Å². The van der Waals surface area contributed by atoms with Gasteiger partial charge in [-0.15, -0.1) is 0 Å². The van der Waals surface area contributed by atoms with Crippen LogP contribution in [0.5, 0.6) is 0 Å². The molecule has 0 aliphatic heterocycles. The van der Waals surface area contributed by atoms with Crippen molar-refractivity contribution < 1.29 is 9.32 Å². The number of hydrogen-bond acceptors (Lipinski definition) is 5. The van der Waals surface area contributed by atoms with Crippen LogP contribution in [0.3, 0.4) is 0 Å². The molecule has 0 spiro atoms. The molecule has 140 valence electrons. The van der Waals surface area contributed by atoms with E-state index in [9.17, 15) is 4.79 Å². The van der Waals surface area contributed by atoms with Crippen LogP contribution in [0.4, 0.5) is 0 Å². The highest BCUT2D eigenvalue weighted by atomic mass is 35.5. The van der Waals surface area contributed by atoms with Gasteiger partial charge in [0.2, 0.25) is 11.8 Å². The number of benzene rings is 2. The monoisotopic (exact) mass is 401 g/mol. The van der Waals surface area contributed by atoms with E-state index in [1.54, 1.807) is 11.8 Å². The van der Waals surface area contributed by atoms with Crippen molar-refractivity contribution in [1.29, 1.82) is 0 Å². The van der Waals surface area contributed by atoms with Gasteiger partial charge < -0.3 is 9.84 Å². The minimum Gasteiger partial charge on any atom is -0.347 e. The Kier molecular flexibility index (Phi) is 6.90. The fourth-order valence-corrected chi connectivity index (χ4v) is 3.47. The summed E-state index contributed by atoms with van der Waals surface area (Å²) in [7, 11) is 0. The standard InChI is InChI=1S/C20H20ClN3O2S/c1-27-13-18-23-20(26-24-18)12-22-19(25)11-16(14-7-3-2-4-8-14)15-9-5-6-10-17(15)21/h2-10,16H,11-13H2,1H3,(H,22,25)/t16-/m1/s1. The summed E-state index contributed by atoms with van der Waals surface area (Å²) in [6.07, 6.45) is 2.25. The van der Waals surface area contributed by atoms with Gasteiger partial charge in [-0.3, -0.25) is 4.79 Å². The second-order valence-electron chi connectivity index (χ2n) is 6.00. The Labute approximate surface area is 167 Å². The van der Waals surface area contributed by atoms with Crippen LogP contribution in [0.2, 0.25) is 5.02 Å². The third-order valence-corrected chi connectivity index (χ3v) is 4.98. The van der Waals surface area contributed by atoms with Gasteiger partial charge in [0.15, 0.2) is 5.82 Å². The molecule has 1 N–H and O–H groups in total. The summed E-state index contributed by atoms with van der Waals surface area (Å²) in [6, 6.07) is 17.5. The normalized spacial score (nSPS) is 11.9. The molecule has 0 radical (unpaired) electrons. The first kappa shape index (κ1) is 19.5. The zero-order valence-electron chi connectivity index (χ0n) is 14.9. The van der Waals surface area contributed by atoms with E-state index in [0.29, 0.717) is 22.5 Å². The lowest BCUT2D eigenvalue weighted by atomic mass is 9.88. The number of amides is 1. The lowest BCUT2D eigenvalue weighted by Gasteiger charge is -2.19. The van der Waals surface area contributed by atoms with Crippen LogP contribution in [0.1, 0.15) is 35.2 Å². The minimum absolute atomic E-state index is 0.103. The molecular formula is C20H20ClN3O2S. The number of nitrogens with one attached hydrogen (secondary N) is 1.